The van der Waals surface area contributed by atoms with Crippen molar-refractivity contribution in [1.29, 1.82) is 0 Å². The molecule has 0 saturated carbocycles. The molecule has 12 heteroatoms. The van der Waals surface area contributed by atoms with Gasteiger partial charge >= 0.3 is 86.9 Å². The molecule has 0 spiro atoms. The standard InChI is InChI=1S/C14H26O7S.C14H26O2.K.Na/c1-4-7-8-9-14(5-2,6-3)21-13(17)11(10-12(15)16)22(18,19)20;1-11(2)9-13(5,15)7-8-14(6,16)10-12(3)4;;/h11H,4-10H2,1-3H3,(H,15,16)(H,18,19,20);11-12,15-16H,9-10H2,1-6H3;;/q;;2*+1/p-2. The maximum atomic E-state index is 12.0. The number of unbranched alkanes of at least 4 members (excludes halogenated alkanes) is 2. The molecule has 0 aliphatic heterocycles. The first-order valence-electron chi connectivity index (χ1n) is 13.5. The summed E-state index contributed by atoms with van der Waals surface area (Å²) in [5.41, 5.74) is -2.88. The van der Waals surface area contributed by atoms with Crippen LogP contribution in [0.3, 0.4) is 0 Å². The van der Waals surface area contributed by atoms with E-state index in [2.05, 4.69) is 11.8 Å². The largest absolute Gasteiger partial charge is 1.00 e. The fourth-order valence-electron chi connectivity index (χ4n) is 4.19. The Morgan fingerprint density at radius 2 is 1.30 bits per heavy atom. The van der Waals surface area contributed by atoms with Crippen LogP contribution in [0.2, 0.25) is 0 Å². The number of rotatable bonds is 15. The van der Waals surface area contributed by atoms with Crippen LogP contribution in [0.4, 0.5) is 0 Å². The summed E-state index contributed by atoms with van der Waals surface area (Å²) in [6.45, 7) is 17.2. The molecule has 0 aliphatic rings. The molecule has 0 fully saturated rings. The van der Waals surface area contributed by atoms with E-state index in [0.29, 0.717) is 43.9 Å². The predicted molar refractivity (Wildman–Crippen MR) is 145 cm³/mol. The zero-order valence-electron chi connectivity index (χ0n) is 26.8. The van der Waals surface area contributed by atoms with Crippen molar-refractivity contribution in [3.05, 3.63) is 0 Å². The number of aliphatic hydroxyl groups is 2. The van der Waals surface area contributed by atoms with Crippen molar-refractivity contribution < 1.29 is 124 Å². The monoisotopic (exact) mass is 624 g/mol. The second kappa shape index (κ2) is 22.5. The number of carbonyl (C=O) groups excluding carboxylic acids is 2. The van der Waals surface area contributed by atoms with Gasteiger partial charge in [0, 0.05) is 12.4 Å². The fourth-order valence-corrected chi connectivity index (χ4v) is 4.82. The molecule has 2 N–H and O–H groups in total. The van der Waals surface area contributed by atoms with Gasteiger partial charge in [-0.2, -0.15) is 0 Å². The van der Waals surface area contributed by atoms with Crippen LogP contribution in [-0.4, -0.2) is 57.2 Å². The Balaban J connectivity index is -0.000000322. The van der Waals surface area contributed by atoms with E-state index in [4.69, 9.17) is 4.74 Å². The van der Waals surface area contributed by atoms with Crippen LogP contribution in [0.25, 0.3) is 0 Å². The average Bonchev–Trinajstić information content (AvgIpc) is 2.73. The predicted octanol–water partition coefficient (Wildman–Crippen LogP) is -2.69. The number of esters is 1. The number of hydrogen-bond acceptors (Lipinski definition) is 9. The molecule has 0 aromatic carbocycles. The van der Waals surface area contributed by atoms with Crippen LogP contribution >= 0.6 is 0 Å². The molecule has 0 amide bonds. The number of carboxylic acid groups (broad SMARTS) is 1. The third-order valence-corrected chi connectivity index (χ3v) is 7.07. The van der Waals surface area contributed by atoms with E-state index < -0.39 is 50.5 Å². The summed E-state index contributed by atoms with van der Waals surface area (Å²) < 4.78 is 38.5. The first-order chi connectivity index (χ1) is 17.2. The Bertz CT molecular complexity index is 861. The number of hydrogen-bond donors (Lipinski definition) is 2. The summed E-state index contributed by atoms with van der Waals surface area (Å²) in [5.74, 6) is 3.27. The average molecular weight is 625 g/mol. The molecule has 40 heavy (non-hydrogen) atoms. The molecule has 3 unspecified atom stereocenters. The minimum absolute atomic E-state index is 0. The first-order valence-corrected chi connectivity index (χ1v) is 15.0. The van der Waals surface area contributed by atoms with Crippen LogP contribution in [0.1, 0.15) is 120 Å². The van der Waals surface area contributed by atoms with Crippen LogP contribution in [0, 0.1) is 23.7 Å². The fraction of sp³-hybridized carbons (Fsp3) is 0.857. The van der Waals surface area contributed by atoms with Crippen molar-refractivity contribution in [1.82, 2.24) is 0 Å². The molecule has 0 rings (SSSR count). The van der Waals surface area contributed by atoms with E-state index in [0.717, 1.165) is 19.3 Å². The van der Waals surface area contributed by atoms with Gasteiger partial charge in [0.05, 0.1) is 0 Å². The Kier molecular flexibility index (Phi) is 26.9. The van der Waals surface area contributed by atoms with Crippen LogP contribution in [-0.2, 0) is 24.4 Å². The van der Waals surface area contributed by atoms with Gasteiger partial charge in [-0.1, -0.05) is 73.1 Å². The maximum Gasteiger partial charge on any atom is 1.00 e. The van der Waals surface area contributed by atoms with E-state index in [1.165, 1.54) is 0 Å². The minimum atomic E-state index is -5.12. The minimum Gasteiger partial charge on any atom is -0.747 e. The molecule has 0 radical (unpaired) electrons. The number of carbonyl (C=O) groups is 2. The summed E-state index contributed by atoms with van der Waals surface area (Å²) in [6.07, 6.45) is 4.20. The van der Waals surface area contributed by atoms with Crippen molar-refractivity contribution in [2.45, 2.75) is 142 Å². The van der Waals surface area contributed by atoms with Gasteiger partial charge in [0.15, 0.2) is 5.25 Å². The topological polar surface area (TPSA) is 164 Å². The molecule has 9 nitrogen and oxygen atoms in total. The molecular formula is C28H50KNaO9S. The van der Waals surface area contributed by atoms with Crippen molar-refractivity contribution in [2.75, 3.05) is 0 Å². The number of aliphatic carboxylic acids is 1. The van der Waals surface area contributed by atoms with Crippen LogP contribution < -0.4 is 86.0 Å². The smallest absolute Gasteiger partial charge is 0.747 e. The number of carboxylic acids is 1. The molecule has 0 saturated heterocycles. The Morgan fingerprint density at radius 3 is 1.57 bits per heavy atom. The Labute approximate surface area is 307 Å². The van der Waals surface area contributed by atoms with E-state index in [-0.39, 0.29) is 80.9 Å². The van der Waals surface area contributed by atoms with E-state index >= 15 is 0 Å². The van der Waals surface area contributed by atoms with Crippen LogP contribution in [0.5, 0.6) is 0 Å². The molecule has 0 heterocycles. The van der Waals surface area contributed by atoms with Gasteiger partial charge < -0.3 is 29.4 Å². The SMILES string of the molecule is CC(C)CC(C)(O)C#CC(C)(O)CC(C)C.CCCCCC(CC)(CC)OC(=O)C(CC(=O)[O-])S(=O)(=O)[O-].[K+].[Na+]. The van der Waals surface area contributed by atoms with Crippen molar-refractivity contribution in [2.24, 2.45) is 11.8 Å². The van der Waals surface area contributed by atoms with Gasteiger partial charge in [0.1, 0.15) is 26.9 Å². The third kappa shape index (κ3) is 23.4. The zero-order chi connectivity index (χ0) is 30.4. The van der Waals surface area contributed by atoms with Gasteiger partial charge in [-0.25, -0.2) is 8.42 Å². The van der Waals surface area contributed by atoms with Crippen molar-refractivity contribution in [3.63, 3.8) is 0 Å². The summed E-state index contributed by atoms with van der Waals surface area (Å²) >= 11 is 0. The zero-order valence-corrected chi connectivity index (χ0v) is 32.7. The van der Waals surface area contributed by atoms with Crippen molar-refractivity contribution >= 4 is 22.1 Å². The first kappa shape index (κ1) is 47.9. The summed E-state index contributed by atoms with van der Waals surface area (Å²) in [5, 5.41) is 28.3. The van der Waals surface area contributed by atoms with Gasteiger partial charge in [0.2, 0.25) is 0 Å². The second-order valence-electron chi connectivity index (χ2n) is 11.3. The third-order valence-electron chi connectivity index (χ3n) is 6.02. The van der Waals surface area contributed by atoms with E-state index in [1.54, 1.807) is 27.7 Å². The molecule has 0 aliphatic carbocycles. The molecule has 224 valence electrons. The van der Waals surface area contributed by atoms with E-state index in [1.807, 2.05) is 34.6 Å². The molecule has 0 bridgehead atoms. The molecule has 3 atom stereocenters. The summed E-state index contributed by atoms with van der Waals surface area (Å²) in [6, 6.07) is 0. The summed E-state index contributed by atoms with van der Waals surface area (Å²) in [7, 11) is -5.12. The molecule has 0 aromatic rings. The maximum absolute atomic E-state index is 12.0. The Hall–Kier alpha value is 0.966. The van der Waals surface area contributed by atoms with Crippen molar-refractivity contribution in [3.8, 4) is 11.8 Å². The normalized spacial score (nSPS) is 15.1. The summed E-state index contributed by atoms with van der Waals surface area (Å²) in [4.78, 5) is 22.6. The van der Waals surface area contributed by atoms with Gasteiger partial charge in [-0.05, 0) is 64.2 Å². The molecule has 0 aromatic heterocycles. The molecular weight excluding hydrogens is 574 g/mol. The Morgan fingerprint density at radius 1 is 0.900 bits per heavy atom. The second-order valence-corrected chi connectivity index (χ2v) is 12.9. The quantitative estimate of drug-likeness (QED) is 0.0650. The van der Waals surface area contributed by atoms with E-state index in [9.17, 15) is 37.9 Å². The number of ether oxygens (including phenoxy) is 1. The van der Waals surface area contributed by atoms with Crippen LogP contribution in [0.15, 0.2) is 0 Å². The van der Waals surface area contributed by atoms with Gasteiger partial charge in [-0.15, -0.1) is 0 Å². The van der Waals surface area contributed by atoms with Gasteiger partial charge in [-0.3, -0.25) is 4.79 Å². The van der Waals surface area contributed by atoms with Gasteiger partial charge in [0.25, 0.3) is 0 Å².